The van der Waals surface area contributed by atoms with Gasteiger partial charge in [-0.1, -0.05) is 0 Å². The molecule has 0 heterocycles. The molecule has 1 aliphatic carbocycles. The van der Waals surface area contributed by atoms with Crippen LogP contribution in [0.25, 0.3) is 0 Å². The molecule has 0 atom stereocenters. The molecule has 2 rings (SSSR count). The Hall–Kier alpha value is -1.14. The third-order valence-corrected chi connectivity index (χ3v) is 4.21. The molecule has 0 saturated heterocycles. The molecule has 19 heavy (non-hydrogen) atoms. The van der Waals surface area contributed by atoms with Crippen molar-refractivity contribution in [3.63, 3.8) is 0 Å². The van der Waals surface area contributed by atoms with Crippen molar-refractivity contribution in [2.24, 2.45) is 5.92 Å². The van der Waals surface area contributed by atoms with Gasteiger partial charge in [-0.2, -0.15) is 0 Å². The molecule has 1 fully saturated rings. The molecule has 0 aliphatic heterocycles. The third kappa shape index (κ3) is 3.45. The van der Waals surface area contributed by atoms with E-state index in [-0.39, 0.29) is 17.1 Å². The Kier molecular flexibility index (Phi) is 3.82. The van der Waals surface area contributed by atoms with Gasteiger partial charge in [-0.15, -0.1) is 0 Å². The van der Waals surface area contributed by atoms with E-state index < -0.39 is 26.4 Å². The van der Waals surface area contributed by atoms with Gasteiger partial charge in [0, 0.05) is 10.7 Å². The van der Waals surface area contributed by atoms with E-state index in [1.807, 2.05) is 0 Å². The fourth-order valence-corrected chi connectivity index (χ4v) is 2.42. The van der Waals surface area contributed by atoms with Gasteiger partial charge in [0.05, 0.1) is 17.1 Å². The molecule has 4 nitrogen and oxygen atoms in total. The van der Waals surface area contributed by atoms with Crippen molar-refractivity contribution in [2.75, 3.05) is 6.61 Å². The number of carbonyl (C=O) groups is 1. The molecule has 0 bridgehead atoms. The first kappa shape index (κ1) is 14.3. The zero-order valence-corrected chi connectivity index (χ0v) is 11.7. The minimum atomic E-state index is -4.02. The molecule has 0 aromatic heterocycles. The Balaban J connectivity index is 2.31. The number of esters is 1. The van der Waals surface area contributed by atoms with Gasteiger partial charge in [0.15, 0.2) is 0 Å². The zero-order chi connectivity index (χ0) is 14.2. The Morgan fingerprint density at radius 1 is 1.47 bits per heavy atom. The van der Waals surface area contributed by atoms with Crippen LogP contribution in [0.1, 0.15) is 28.8 Å². The van der Waals surface area contributed by atoms with Crippen molar-refractivity contribution in [1.82, 2.24) is 0 Å². The van der Waals surface area contributed by atoms with Crippen molar-refractivity contribution in [2.45, 2.75) is 24.7 Å². The molecule has 7 heteroatoms. The minimum Gasteiger partial charge on any atom is -0.462 e. The van der Waals surface area contributed by atoms with Crippen LogP contribution in [0.2, 0.25) is 0 Å². The van der Waals surface area contributed by atoms with Gasteiger partial charge in [0.2, 0.25) is 0 Å². The van der Waals surface area contributed by atoms with Crippen LogP contribution < -0.4 is 0 Å². The van der Waals surface area contributed by atoms with E-state index >= 15 is 0 Å². The first-order chi connectivity index (χ1) is 8.79. The fourth-order valence-electron chi connectivity index (χ4n) is 1.58. The van der Waals surface area contributed by atoms with E-state index in [0.29, 0.717) is 5.92 Å². The number of ether oxygens (including phenoxy) is 1. The van der Waals surface area contributed by atoms with Gasteiger partial charge in [-0.05, 0) is 43.4 Å². The third-order valence-electron chi connectivity index (χ3n) is 2.88. The molecule has 0 amide bonds. The molecule has 0 unspecified atom stereocenters. The monoisotopic (exact) mass is 306 g/mol. The highest BCUT2D eigenvalue weighted by Crippen LogP contribution is 2.29. The van der Waals surface area contributed by atoms with Crippen molar-refractivity contribution in [3.8, 4) is 0 Å². The molecular formula is C12H12ClFO4S. The van der Waals surface area contributed by atoms with Crippen molar-refractivity contribution >= 4 is 25.7 Å². The van der Waals surface area contributed by atoms with E-state index in [2.05, 4.69) is 0 Å². The van der Waals surface area contributed by atoms with Crippen molar-refractivity contribution in [1.29, 1.82) is 0 Å². The summed E-state index contributed by atoms with van der Waals surface area (Å²) in [5.74, 6) is -1.31. The zero-order valence-electron chi connectivity index (χ0n) is 10.2. The van der Waals surface area contributed by atoms with E-state index in [9.17, 15) is 17.6 Å². The Morgan fingerprint density at radius 3 is 2.63 bits per heavy atom. The van der Waals surface area contributed by atoms with Crippen molar-refractivity contribution in [3.05, 3.63) is 29.1 Å². The fraction of sp³-hybridized carbons (Fsp3) is 0.417. The van der Waals surface area contributed by atoms with Crippen LogP contribution in [0, 0.1) is 18.7 Å². The Morgan fingerprint density at radius 2 is 2.11 bits per heavy atom. The second kappa shape index (κ2) is 5.09. The molecule has 104 valence electrons. The Bertz CT molecular complexity index is 623. The summed E-state index contributed by atoms with van der Waals surface area (Å²) in [7, 11) is 1.18. The van der Waals surface area contributed by atoms with Crippen LogP contribution in [0.5, 0.6) is 0 Å². The van der Waals surface area contributed by atoms with Gasteiger partial charge in [-0.25, -0.2) is 17.6 Å². The van der Waals surface area contributed by atoms with Gasteiger partial charge in [0.25, 0.3) is 9.05 Å². The number of halogens is 2. The summed E-state index contributed by atoms with van der Waals surface area (Å²) < 4.78 is 41.2. The van der Waals surface area contributed by atoms with Gasteiger partial charge >= 0.3 is 5.97 Å². The summed E-state index contributed by atoms with van der Waals surface area (Å²) in [5, 5.41) is 0. The number of hydrogen-bond acceptors (Lipinski definition) is 4. The lowest BCUT2D eigenvalue weighted by Gasteiger charge is -2.08. The predicted octanol–water partition coefficient (Wildman–Crippen LogP) is 2.63. The summed E-state index contributed by atoms with van der Waals surface area (Å²) in [6, 6.07) is 1.98. The van der Waals surface area contributed by atoms with E-state index in [0.717, 1.165) is 25.0 Å². The standard InChI is InChI=1S/C12H12ClFO4S/c1-7-4-9(19(13,16)17)5-10(11(7)14)12(15)18-6-8-2-3-8/h4-5,8H,2-3,6H2,1H3. The highest BCUT2D eigenvalue weighted by atomic mass is 35.7. The molecular weight excluding hydrogens is 295 g/mol. The van der Waals surface area contributed by atoms with Gasteiger partial charge < -0.3 is 4.74 Å². The number of carbonyl (C=O) groups excluding carboxylic acids is 1. The lowest BCUT2D eigenvalue weighted by Crippen LogP contribution is -2.11. The maximum Gasteiger partial charge on any atom is 0.341 e. The average molecular weight is 307 g/mol. The number of rotatable bonds is 4. The topological polar surface area (TPSA) is 60.4 Å². The predicted molar refractivity (Wildman–Crippen MR) is 67.2 cm³/mol. The number of hydrogen-bond donors (Lipinski definition) is 0. The lowest BCUT2D eigenvalue weighted by molar-refractivity contribution is 0.0480. The van der Waals surface area contributed by atoms with Crippen LogP contribution in [0.4, 0.5) is 4.39 Å². The molecule has 0 spiro atoms. The second-order valence-electron chi connectivity index (χ2n) is 4.58. The summed E-state index contributed by atoms with van der Waals surface area (Å²) >= 11 is 0. The molecule has 0 N–H and O–H groups in total. The molecule has 1 saturated carbocycles. The number of aryl methyl sites for hydroxylation is 1. The summed E-state index contributed by atoms with van der Waals surface area (Å²) in [6.07, 6.45) is 1.98. The normalized spacial score (nSPS) is 15.3. The van der Waals surface area contributed by atoms with Crippen LogP contribution in [-0.2, 0) is 13.8 Å². The SMILES string of the molecule is Cc1cc(S(=O)(=O)Cl)cc(C(=O)OCC2CC2)c1F. The maximum absolute atomic E-state index is 13.8. The van der Waals surface area contributed by atoms with Crippen LogP contribution in [-0.4, -0.2) is 21.0 Å². The average Bonchev–Trinajstić information content (AvgIpc) is 3.11. The maximum atomic E-state index is 13.8. The van der Waals surface area contributed by atoms with Crippen LogP contribution >= 0.6 is 10.7 Å². The highest BCUT2D eigenvalue weighted by Gasteiger charge is 2.25. The minimum absolute atomic E-state index is 0.0279. The molecule has 0 radical (unpaired) electrons. The van der Waals surface area contributed by atoms with E-state index in [1.54, 1.807) is 0 Å². The van der Waals surface area contributed by atoms with Crippen molar-refractivity contribution < 1.29 is 22.3 Å². The quantitative estimate of drug-likeness (QED) is 0.634. The highest BCUT2D eigenvalue weighted by molar-refractivity contribution is 8.13. The number of benzene rings is 1. The first-order valence-corrected chi connectivity index (χ1v) is 8.02. The molecule has 1 aromatic rings. The Labute approximate surface area is 114 Å². The first-order valence-electron chi connectivity index (χ1n) is 5.71. The van der Waals surface area contributed by atoms with Gasteiger partial charge in [0.1, 0.15) is 5.82 Å². The van der Waals surface area contributed by atoms with Gasteiger partial charge in [-0.3, -0.25) is 0 Å². The molecule has 1 aromatic carbocycles. The summed E-state index contributed by atoms with van der Waals surface area (Å²) in [4.78, 5) is 11.4. The largest absolute Gasteiger partial charge is 0.462 e. The van der Waals surface area contributed by atoms with Crippen LogP contribution in [0.15, 0.2) is 17.0 Å². The second-order valence-corrected chi connectivity index (χ2v) is 7.15. The summed E-state index contributed by atoms with van der Waals surface area (Å²) in [6.45, 7) is 1.59. The summed E-state index contributed by atoms with van der Waals surface area (Å²) in [5.41, 5.74) is -0.375. The lowest BCUT2D eigenvalue weighted by atomic mass is 10.1. The van der Waals surface area contributed by atoms with E-state index in [4.69, 9.17) is 15.4 Å². The molecule has 1 aliphatic rings. The van der Waals surface area contributed by atoms with Crippen LogP contribution in [0.3, 0.4) is 0 Å². The van der Waals surface area contributed by atoms with E-state index in [1.165, 1.54) is 6.92 Å². The smallest absolute Gasteiger partial charge is 0.341 e.